The highest BCUT2D eigenvalue weighted by Crippen LogP contribution is 2.33. The number of allylic oxidation sites excluding steroid dienone is 1. The van der Waals surface area contributed by atoms with Crippen LogP contribution in [0.5, 0.6) is 11.5 Å². The van der Waals surface area contributed by atoms with E-state index >= 15 is 0 Å². The molecule has 34 heavy (non-hydrogen) atoms. The van der Waals surface area contributed by atoms with Gasteiger partial charge in [0.05, 0.1) is 13.2 Å². The van der Waals surface area contributed by atoms with Gasteiger partial charge in [0.1, 0.15) is 11.0 Å². The van der Waals surface area contributed by atoms with Crippen molar-refractivity contribution in [2.75, 3.05) is 19.7 Å². The molecule has 190 valence electrons. The van der Waals surface area contributed by atoms with E-state index in [2.05, 4.69) is 25.2 Å². The Morgan fingerprint density at radius 2 is 1.85 bits per heavy atom. The molecular weight excluding hydrogens is 456 g/mol. The molecule has 1 heterocycles. The molecule has 1 aliphatic heterocycles. The number of methoxy groups -OCH3 is 1. The predicted molar refractivity (Wildman–Crippen MR) is 135 cm³/mol. The van der Waals surface area contributed by atoms with Gasteiger partial charge in [0.25, 0.3) is 0 Å². The zero-order chi connectivity index (χ0) is 25.5. The molecule has 2 atom stereocenters. The second-order valence-corrected chi connectivity index (χ2v) is 10.2. The van der Waals surface area contributed by atoms with Crippen LogP contribution in [0.2, 0.25) is 0 Å². The van der Waals surface area contributed by atoms with Crippen molar-refractivity contribution in [1.82, 2.24) is 0 Å². The van der Waals surface area contributed by atoms with Gasteiger partial charge in [-0.1, -0.05) is 56.4 Å². The number of carbonyl (C=O) groups excluding carboxylic acids is 1. The number of fused-ring (bicyclic) bond motifs is 1. The van der Waals surface area contributed by atoms with E-state index in [0.29, 0.717) is 12.9 Å². The van der Waals surface area contributed by atoms with E-state index in [4.69, 9.17) is 14.6 Å². The maximum absolute atomic E-state index is 12.3. The number of carboxylic acids is 1. The number of aliphatic carboxylic acids is 1. The van der Waals surface area contributed by atoms with Crippen molar-refractivity contribution >= 4 is 22.9 Å². The summed E-state index contributed by atoms with van der Waals surface area (Å²) in [6.07, 6.45) is 9.03. The highest BCUT2D eigenvalue weighted by Gasteiger charge is 2.19. The first kappa shape index (κ1) is 29.6. The first-order valence-electron chi connectivity index (χ1n) is 11.6. The molecule has 0 aliphatic carbocycles. The average Bonchev–Trinajstić information content (AvgIpc) is 3.27. The van der Waals surface area contributed by atoms with Crippen molar-refractivity contribution < 1.29 is 33.5 Å². The lowest BCUT2D eigenvalue weighted by molar-refractivity contribution is -0.132. The van der Waals surface area contributed by atoms with Gasteiger partial charge in [-0.25, -0.2) is 4.79 Å². The van der Waals surface area contributed by atoms with Gasteiger partial charge in [-0.2, -0.15) is 0 Å². The lowest BCUT2D eigenvalue weighted by atomic mass is 10.1. The van der Waals surface area contributed by atoms with E-state index in [9.17, 15) is 14.1 Å². The number of carbonyl (C=O) groups is 2. The van der Waals surface area contributed by atoms with Gasteiger partial charge in [-0.15, -0.1) is 0 Å². The van der Waals surface area contributed by atoms with Crippen LogP contribution in [0.15, 0.2) is 42.2 Å². The Labute approximate surface area is 206 Å². The molecule has 1 N–H and O–H groups in total. The first-order chi connectivity index (χ1) is 16.2. The molecule has 7 nitrogen and oxygen atoms in total. The minimum absolute atomic E-state index is 0.191. The van der Waals surface area contributed by atoms with Gasteiger partial charge >= 0.3 is 5.97 Å². The fraction of sp³-hybridized carbons (Fsp3) is 0.538. The summed E-state index contributed by atoms with van der Waals surface area (Å²) in [6, 6.07) is 6.01. The molecule has 8 heteroatoms. The summed E-state index contributed by atoms with van der Waals surface area (Å²) < 4.78 is 27.6. The summed E-state index contributed by atoms with van der Waals surface area (Å²) >= 11 is -0.743. The SMILES string of the molecule is C=C(C)C(=O)/C(=C\C(=O)O)OC.CCCCCCCC[S+]([O-])C(C)Cc1ccc2c(c1)OCO2. The van der Waals surface area contributed by atoms with Crippen LogP contribution in [0, 0.1) is 0 Å². The van der Waals surface area contributed by atoms with Gasteiger partial charge in [0, 0.05) is 6.42 Å². The molecule has 0 aromatic heterocycles. The average molecular weight is 495 g/mol. The Morgan fingerprint density at radius 1 is 1.21 bits per heavy atom. The first-order valence-corrected chi connectivity index (χ1v) is 13.0. The Bertz CT molecular complexity index is 834. The van der Waals surface area contributed by atoms with Gasteiger partial charge in [0.2, 0.25) is 12.6 Å². The van der Waals surface area contributed by atoms with E-state index in [1.165, 1.54) is 51.7 Å². The summed E-state index contributed by atoms with van der Waals surface area (Å²) in [5.41, 5.74) is 1.41. The largest absolute Gasteiger partial charge is 0.616 e. The molecule has 0 bridgehead atoms. The summed E-state index contributed by atoms with van der Waals surface area (Å²) in [5, 5.41) is 8.50. The maximum atomic E-state index is 12.3. The molecule has 2 unspecified atom stereocenters. The highest BCUT2D eigenvalue weighted by atomic mass is 32.2. The number of Topliss-reactive ketones (excluding diaryl/α,β-unsaturated/α-hetero) is 1. The van der Waals surface area contributed by atoms with E-state index in [-0.39, 0.29) is 16.6 Å². The molecule has 0 saturated heterocycles. The quantitative estimate of drug-likeness (QED) is 0.164. The molecule has 0 saturated carbocycles. The van der Waals surface area contributed by atoms with Crippen LogP contribution in [0.4, 0.5) is 0 Å². The fourth-order valence-electron chi connectivity index (χ4n) is 3.26. The van der Waals surface area contributed by atoms with Crippen LogP contribution in [0.25, 0.3) is 0 Å². The molecule has 1 aliphatic rings. The van der Waals surface area contributed by atoms with Gasteiger partial charge in [0.15, 0.2) is 17.3 Å². The Morgan fingerprint density at radius 3 is 2.47 bits per heavy atom. The second kappa shape index (κ2) is 16.2. The predicted octanol–water partition coefficient (Wildman–Crippen LogP) is 5.20. The normalized spacial score (nSPS) is 14.0. The molecule has 0 fully saturated rings. The molecule has 1 aromatic carbocycles. The van der Waals surface area contributed by atoms with Crippen molar-refractivity contribution in [3.8, 4) is 11.5 Å². The lowest BCUT2D eigenvalue weighted by Gasteiger charge is -2.18. The Hall–Kier alpha value is -2.45. The van der Waals surface area contributed by atoms with Gasteiger partial charge < -0.3 is 23.9 Å². The minimum atomic E-state index is -1.22. The number of hydrogen-bond donors (Lipinski definition) is 1. The van der Waals surface area contributed by atoms with Crippen LogP contribution in [0.3, 0.4) is 0 Å². The second-order valence-electron chi connectivity index (χ2n) is 8.22. The third kappa shape index (κ3) is 11.1. The number of unbranched alkanes of at least 4 members (excludes halogenated alkanes) is 5. The standard InChI is InChI=1S/C18H28O3S.C8H10O4/c1-3-4-5-6-7-8-11-22(19)15(2)12-16-9-10-17-18(13-16)21-14-20-17;1-5(2)8(11)6(12-3)4-7(9)10/h9-10,13,15H,3-8,11-12,14H2,1-2H3;4H,1H2,2-3H3,(H,9,10)/b;6-4+. The van der Waals surface area contributed by atoms with E-state index in [0.717, 1.165) is 30.1 Å². The zero-order valence-corrected chi connectivity index (χ0v) is 21.6. The summed E-state index contributed by atoms with van der Waals surface area (Å²) in [4.78, 5) is 21.2. The third-order valence-electron chi connectivity index (χ3n) is 5.19. The van der Waals surface area contributed by atoms with Gasteiger partial charge in [-0.05, 0) is 50.0 Å². The summed E-state index contributed by atoms with van der Waals surface area (Å²) in [6.45, 7) is 9.47. The number of ketones is 1. The smallest absolute Gasteiger partial charge is 0.332 e. The fourth-order valence-corrected chi connectivity index (χ4v) is 4.53. The summed E-state index contributed by atoms with van der Waals surface area (Å²) in [5.74, 6) is 0.519. The topological polar surface area (TPSA) is 105 Å². The minimum Gasteiger partial charge on any atom is -0.616 e. The molecule has 1 aromatic rings. The molecule has 0 radical (unpaired) electrons. The lowest BCUT2D eigenvalue weighted by Crippen LogP contribution is -2.23. The molecule has 0 spiro atoms. The van der Waals surface area contributed by atoms with Crippen LogP contribution < -0.4 is 9.47 Å². The van der Waals surface area contributed by atoms with Gasteiger partial charge in [-0.3, -0.25) is 4.79 Å². The molecule has 2 rings (SSSR count). The highest BCUT2D eigenvalue weighted by molar-refractivity contribution is 7.91. The van der Waals surface area contributed by atoms with Crippen molar-refractivity contribution in [3.05, 3.63) is 47.7 Å². The zero-order valence-electron chi connectivity index (χ0n) is 20.8. The molecule has 0 amide bonds. The van der Waals surface area contributed by atoms with E-state index in [1.54, 1.807) is 0 Å². The number of benzene rings is 1. The summed E-state index contributed by atoms with van der Waals surface area (Å²) in [7, 11) is 1.23. The maximum Gasteiger partial charge on any atom is 0.332 e. The Balaban J connectivity index is 0.000000411. The van der Waals surface area contributed by atoms with Crippen LogP contribution >= 0.6 is 0 Å². The van der Waals surface area contributed by atoms with E-state index < -0.39 is 22.9 Å². The van der Waals surface area contributed by atoms with E-state index in [1.807, 2.05) is 18.2 Å². The van der Waals surface area contributed by atoms with Crippen molar-refractivity contribution in [2.45, 2.75) is 71.0 Å². The monoisotopic (exact) mass is 494 g/mol. The number of ether oxygens (including phenoxy) is 3. The van der Waals surface area contributed by atoms with Crippen LogP contribution in [0.1, 0.15) is 64.9 Å². The molecular formula is C26H38O7S. The number of hydrogen-bond acceptors (Lipinski definition) is 6. The van der Waals surface area contributed by atoms with Crippen molar-refractivity contribution in [3.63, 3.8) is 0 Å². The number of rotatable bonds is 14. The number of carboxylic acid groups (broad SMARTS) is 1. The third-order valence-corrected chi connectivity index (χ3v) is 6.95. The van der Waals surface area contributed by atoms with Crippen LogP contribution in [-0.4, -0.2) is 46.3 Å². The Kier molecular flexibility index (Phi) is 14.1. The van der Waals surface area contributed by atoms with Crippen LogP contribution in [-0.2, 0) is 31.9 Å². The van der Waals surface area contributed by atoms with Crippen molar-refractivity contribution in [1.29, 1.82) is 0 Å². The van der Waals surface area contributed by atoms with Crippen molar-refractivity contribution in [2.24, 2.45) is 0 Å².